The molecular weight excluding hydrogens is 272 g/mol. The lowest BCUT2D eigenvalue weighted by molar-refractivity contribution is -0.144. The SMILES string of the molecule is COc1ccccc1N(C)C(=O)NC1(C(=O)O)CCCC1. The van der Waals surface area contributed by atoms with E-state index in [1.165, 1.54) is 12.0 Å². The molecule has 1 fully saturated rings. The first-order chi connectivity index (χ1) is 10.00. The fraction of sp³-hybridized carbons (Fsp3) is 0.467. The van der Waals surface area contributed by atoms with Crippen molar-refractivity contribution in [1.82, 2.24) is 5.32 Å². The summed E-state index contributed by atoms with van der Waals surface area (Å²) >= 11 is 0. The average Bonchev–Trinajstić information content (AvgIpc) is 2.96. The van der Waals surface area contributed by atoms with Crippen LogP contribution in [0, 0.1) is 0 Å². The van der Waals surface area contributed by atoms with Crippen molar-refractivity contribution in [2.45, 2.75) is 31.2 Å². The van der Waals surface area contributed by atoms with Gasteiger partial charge in [-0.15, -0.1) is 0 Å². The van der Waals surface area contributed by atoms with Crippen molar-refractivity contribution in [2.24, 2.45) is 0 Å². The monoisotopic (exact) mass is 292 g/mol. The lowest BCUT2D eigenvalue weighted by atomic mass is 9.98. The smallest absolute Gasteiger partial charge is 0.329 e. The highest BCUT2D eigenvalue weighted by atomic mass is 16.5. The van der Waals surface area contributed by atoms with Gasteiger partial charge < -0.3 is 15.2 Å². The topological polar surface area (TPSA) is 78.9 Å². The quantitative estimate of drug-likeness (QED) is 0.892. The number of carboxylic acids is 1. The third kappa shape index (κ3) is 2.94. The standard InChI is InChI=1S/C15H20N2O4/c1-17(11-7-3-4-8-12(11)21-2)14(20)16-15(13(18)19)9-5-6-10-15/h3-4,7-8H,5-6,9-10H2,1-2H3,(H,16,20)(H,18,19). The molecule has 1 aromatic rings. The van der Waals surface area contributed by atoms with Crippen molar-refractivity contribution in [2.75, 3.05) is 19.1 Å². The largest absolute Gasteiger partial charge is 0.495 e. The molecule has 1 aliphatic rings. The van der Waals surface area contributed by atoms with Crippen LogP contribution in [-0.4, -0.2) is 36.8 Å². The summed E-state index contributed by atoms with van der Waals surface area (Å²) in [6.45, 7) is 0. The molecule has 0 saturated heterocycles. The van der Waals surface area contributed by atoms with Crippen LogP contribution in [0.15, 0.2) is 24.3 Å². The summed E-state index contributed by atoms with van der Waals surface area (Å²) in [6.07, 6.45) is 2.55. The summed E-state index contributed by atoms with van der Waals surface area (Å²) in [7, 11) is 3.12. The Hall–Kier alpha value is -2.24. The number of benzene rings is 1. The van der Waals surface area contributed by atoms with Gasteiger partial charge in [0.25, 0.3) is 0 Å². The number of nitrogens with zero attached hydrogens (tertiary/aromatic N) is 1. The zero-order chi connectivity index (χ0) is 15.5. The first-order valence-electron chi connectivity index (χ1n) is 6.92. The molecule has 0 radical (unpaired) electrons. The van der Waals surface area contributed by atoms with Crippen molar-refractivity contribution in [3.8, 4) is 5.75 Å². The number of anilines is 1. The number of nitrogens with one attached hydrogen (secondary N) is 1. The zero-order valence-electron chi connectivity index (χ0n) is 12.3. The molecule has 0 bridgehead atoms. The van der Waals surface area contributed by atoms with Crippen LogP contribution in [0.2, 0.25) is 0 Å². The van der Waals surface area contributed by atoms with E-state index in [9.17, 15) is 14.7 Å². The number of hydrogen-bond donors (Lipinski definition) is 2. The molecular formula is C15H20N2O4. The van der Waals surface area contributed by atoms with Crippen LogP contribution in [0.25, 0.3) is 0 Å². The summed E-state index contributed by atoms with van der Waals surface area (Å²) in [4.78, 5) is 25.2. The minimum atomic E-state index is -1.15. The highest BCUT2D eigenvalue weighted by molar-refractivity contribution is 5.96. The van der Waals surface area contributed by atoms with Crippen LogP contribution in [0.5, 0.6) is 5.75 Å². The molecule has 0 aromatic heterocycles. The third-order valence-electron chi connectivity index (χ3n) is 3.96. The van der Waals surface area contributed by atoms with Gasteiger partial charge in [-0.3, -0.25) is 4.90 Å². The summed E-state index contributed by atoms with van der Waals surface area (Å²) in [6, 6.07) is 6.67. The number of urea groups is 1. The molecule has 1 saturated carbocycles. The molecule has 2 amide bonds. The molecule has 6 heteroatoms. The molecule has 0 heterocycles. The molecule has 0 spiro atoms. The Morgan fingerprint density at radius 3 is 2.48 bits per heavy atom. The molecule has 6 nitrogen and oxygen atoms in total. The van der Waals surface area contributed by atoms with Gasteiger partial charge in [-0.2, -0.15) is 0 Å². The van der Waals surface area contributed by atoms with E-state index in [0.717, 1.165) is 12.8 Å². The van der Waals surface area contributed by atoms with Gasteiger partial charge in [-0.1, -0.05) is 25.0 Å². The normalized spacial score (nSPS) is 16.3. The highest BCUT2D eigenvalue weighted by Crippen LogP contribution is 2.31. The Kier molecular flexibility index (Phi) is 4.35. The average molecular weight is 292 g/mol. The second-order valence-corrected chi connectivity index (χ2v) is 5.26. The van der Waals surface area contributed by atoms with Crippen molar-refractivity contribution >= 4 is 17.7 Å². The molecule has 0 aliphatic heterocycles. The number of hydrogen-bond acceptors (Lipinski definition) is 3. The molecule has 2 N–H and O–H groups in total. The number of methoxy groups -OCH3 is 1. The summed E-state index contributed by atoms with van der Waals surface area (Å²) < 4.78 is 5.22. The maximum absolute atomic E-state index is 12.4. The number of amides is 2. The number of para-hydroxylation sites is 2. The van der Waals surface area contributed by atoms with Gasteiger partial charge in [0.1, 0.15) is 11.3 Å². The lowest BCUT2D eigenvalue weighted by Gasteiger charge is -2.29. The fourth-order valence-electron chi connectivity index (χ4n) is 2.68. The maximum Gasteiger partial charge on any atom is 0.329 e. The predicted octanol–water partition coefficient (Wildman–Crippen LogP) is 2.24. The molecule has 2 rings (SSSR count). The van der Waals surface area contributed by atoms with Crippen LogP contribution >= 0.6 is 0 Å². The molecule has 1 aliphatic carbocycles. The van der Waals surface area contributed by atoms with E-state index in [4.69, 9.17) is 4.74 Å². The van der Waals surface area contributed by atoms with E-state index in [-0.39, 0.29) is 0 Å². The molecule has 21 heavy (non-hydrogen) atoms. The van der Waals surface area contributed by atoms with Crippen molar-refractivity contribution in [1.29, 1.82) is 0 Å². The second kappa shape index (κ2) is 6.03. The molecule has 0 atom stereocenters. The van der Waals surface area contributed by atoms with Gasteiger partial charge in [-0.25, -0.2) is 9.59 Å². The van der Waals surface area contributed by atoms with Crippen LogP contribution in [0.1, 0.15) is 25.7 Å². The summed E-state index contributed by atoms with van der Waals surface area (Å²) in [5, 5.41) is 12.1. The Morgan fingerprint density at radius 2 is 1.90 bits per heavy atom. The van der Waals surface area contributed by atoms with E-state index < -0.39 is 17.5 Å². The summed E-state index contributed by atoms with van der Waals surface area (Å²) in [5.41, 5.74) is -0.552. The van der Waals surface area contributed by atoms with E-state index in [1.54, 1.807) is 25.2 Å². The minimum Gasteiger partial charge on any atom is -0.495 e. The Morgan fingerprint density at radius 1 is 1.29 bits per heavy atom. The van der Waals surface area contributed by atoms with E-state index >= 15 is 0 Å². The van der Waals surface area contributed by atoms with Crippen molar-refractivity contribution in [3.63, 3.8) is 0 Å². The van der Waals surface area contributed by atoms with Crippen molar-refractivity contribution in [3.05, 3.63) is 24.3 Å². The highest BCUT2D eigenvalue weighted by Gasteiger charge is 2.43. The first-order valence-corrected chi connectivity index (χ1v) is 6.92. The number of rotatable bonds is 4. The van der Waals surface area contributed by atoms with Crippen LogP contribution in [-0.2, 0) is 4.79 Å². The Bertz CT molecular complexity index is 538. The van der Waals surface area contributed by atoms with Gasteiger partial charge in [0.2, 0.25) is 0 Å². The van der Waals surface area contributed by atoms with Crippen LogP contribution < -0.4 is 15.0 Å². The van der Waals surface area contributed by atoms with E-state index in [2.05, 4.69) is 5.32 Å². The summed E-state index contributed by atoms with van der Waals surface area (Å²) in [5.74, 6) is -0.410. The second-order valence-electron chi connectivity index (χ2n) is 5.26. The molecule has 114 valence electrons. The van der Waals surface area contributed by atoms with Crippen molar-refractivity contribution < 1.29 is 19.4 Å². The first kappa shape index (κ1) is 15.2. The molecule has 1 aromatic carbocycles. The van der Waals surface area contributed by atoms with Crippen LogP contribution in [0.4, 0.5) is 10.5 Å². The minimum absolute atomic E-state index is 0.441. The number of ether oxygens (including phenoxy) is 1. The number of aliphatic carboxylic acids is 1. The van der Waals surface area contributed by atoms with Gasteiger partial charge >= 0.3 is 12.0 Å². The molecule has 0 unspecified atom stereocenters. The fourth-order valence-corrected chi connectivity index (χ4v) is 2.68. The predicted molar refractivity (Wildman–Crippen MR) is 78.8 cm³/mol. The van der Waals surface area contributed by atoms with E-state index in [1.807, 2.05) is 6.07 Å². The lowest BCUT2D eigenvalue weighted by Crippen LogP contribution is -2.55. The number of carboxylic acid groups (broad SMARTS) is 1. The number of carbonyl (C=O) groups is 2. The third-order valence-corrected chi connectivity index (χ3v) is 3.96. The Labute approximate surface area is 123 Å². The van der Waals surface area contributed by atoms with Gasteiger partial charge in [0.15, 0.2) is 0 Å². The van der Waals surface area contributed by atoms with Gasteiger partial charge in [0, 0.05) is 7.05 Å². The number of carbonyl (C=O) groups excluding carboxylic acids is 1. The van der Waals surface area contributed by atoms with Gasteiger partial charge in [-0.05, 0) is 25.0 Å². The maximum atomic E-state index is 12.4. The Balaban J connectivity index is 2.17. The zero-order valence-corrected chi connectivity index (χ0v) is 12.3. The van der Waals surface area contributed by atoms with Gasteiger partial charge in [0.05, 0.1) is 12.8 Å². The van der Waals surface area contributed by atoms with Crippen LogP contribution in [0.3, 0.4) is 0 Å². The van der Waals surface area contributed by atoms with E-state index in [0.29, 0.717) is 24.3 Å².